The monoisotopic (exact) mass is 160 g/mol. The summed E-state index contributed by atoms with van der Waals surface area (Å²) in [6, 6.07) is 7.37. The molecule has 1 N–H and O–H groups in total. The Labute approximate surface area is 73.0 Å². The van der Waals surface area contributed by atoms with Gasteiger partial charge in [0, 0.05) is 5.56 Å². The van der Waals surface area contributed by atoms with E-state index in [1.807, 2.05) is 24.3 Å². The van der Waals surface area contributed by atoms with E-state index in [4.69, 9.17) is 6.42 Å². The predicted octanol–water partition coefficient (Wildman–Crippen LogP) is 1.90. The molecule has 0 fully saturated rings. The first kappa shape index (κ1) is 8.83. The predicted molar refractivity (Wildman–Crippen MR) is 49.6 cm³/mol. The second-order valence-electron chi connectivity index (χ2n) is 3.28. The van der Waals surface area contributed by atoms with E-state index in [1.165, 1.54) is 0 Å². The van der Waals surface area contributed by atoms with Crippen LogP contribution in [0, 0.1) is 12.3 Å². The molecule has 1 heteroatoms. The van der Waals surface area contributed by atoms with Crippen LogP contribution in [0.2, 0.25) is 0 Å². The molecule has 1 aromatic carbocycles. The molecule has 0 spiro atoms. The van der Waals surface area contributed by atoms with Gasteiger partial charge in [-0.15, -0.1) is 6.42 Å². The maximum atomic E-state index is 9.64. The van der Waals surface area contributed by atoms with Crippen LogP contribution in [0.4, 0.5) is 0 Å². The SMILES string of the molecule is C#Cc1cccc(C(C)(C)O)c1. The molecular weight excluding hydrogens is 148 g/mol. The Morgan fingerprint density at radius 2 is 2.08 bits per heavy atom. The molecule has 1 aromatic rings. The second kappa shape index (κ2) is 3.00. The van der Waals surface area contributed by atoms with Gasteiger partial charge in [0.15, 0.2) is 0 Å². The van der Waals surface area contributed by atoms with Crippen LogP contribution in [0.15, 0.2) is 24.3 Å². The smallest absolute Gasteiger partial charge is 0.0840 e. The third kappa shape index (κ3) is 1.87. The van der Waals surface area contributed by atoms with Gasteiger partial charge in [0.2, 0.25) is 0 Å². The highest BCUT2D eigenvalue weighted by atomic mass is 16.3. The first-order valence-electron chi connectivity index (χ1n) is 3.83. The van der Waals surface area contributed by atoms with Crippen LogP contribution >= 0.6 is 0 Å². The van der Waals surface area contributed by atoms with Crippen molar-refractivity contribution in [3.05, 3.63) is 35.4 Å². The fourth-order valence-electron chi connectivity index (χ4n) is 0.990. The lowest BCUT2D eigenvalue weighted by molar-refractivity contribution is 0.0786. The first-order chi connectivity index (χ1) is 5.54. The number of hydrogen-bond acceptors (Lipinski definition) is 1. The minimum Gasteiger partial charge on any atom is -0.386 e. The van der Waals surface area contributed by atoms with Crippen LogP contribution < -0.4 is 0 Å². The zero-order valence-electron chi connectivity index (χ0n) is 7.33. The summed E-state index contributed by atoms with van der Waals surface area (Å²) in [7, 11) is 0. The Hall–Kier alpha value is -1.26. The highest BCUT2D eigenvalue weighted by Crippen LogP contribution is 2.19. The van der Waals surface area contributed by atoms with Gasteiger partial charge >= 0.3 is 0 Å². The molecule has 12 heavy (non-hydrogen) atoms. The third-order valence-corrected chi connectivity index (χ3v) is 1.74. The molecule has 0 heterocycles. The molecule has 0 aromatic heterocycles. The van der Waals surface area contributed by atoms with Crippen LogP contribution in [0.1, 0.15) is 25.0 Å². The molecule has 0 radical (unpaired) electrons. The van der Waals surface area contributed by atoms with Crippen molar-refractivity contribution in [1.82, 2.24) is 0 Å². The summed E-state index contributed by atoms with van der Waals surface area (Å²) in [6.45, 7) is 3.48. The highest BCUT2D eigenvalue weighted by molar-refractivity contribution is 5.37. The fraction of sp³-hybridized carbons (Fsp3) is 0.273. The van der Waals surface area contributed by atoms with Gasteiger partial charge < -0.3 is 5.11 Å². The lowest BCUT2D eigenvalue weighted by Gasteiger charge is -2.17. The van der Waals surface area contributed by atoms with Gasteiger partial charge in [-0.05, 0) is 31.5 Å². The molecule has 62 valence electrons. The lowest BCUT2D eigenvalue weighted by Crippen LogP contribution is -2.15. The maximum absolute atomic E-state index is 9.64. The molecule has 0 saturated carbocycles. The Kier molecular flexibility index (Phi) is 2.21. The van der Waals surface area contributed by atoms with Crippen molar-refractivity contribution in [3.8, 4) is 12.3 Å². The topological polar surface area (TPSA) is 20.2 Å². The molecule has 1 nitrogen and oxygen atoms in total. The summed E-state index contributed by atoms with van der Waals surface area (Å²) >= 11 is 0. The molecule has 0 aliphatic rings. The highest BCUT2D eigenvalue weighted by Gasteiger charge is 2.15. The number of rotatable bonds is 1. The van der Waals surface area contributed by atoms with E-state index < -0.39 is 5.60 Å². The molecule has 1 rings (SSSR count). The number of benzene rings is 1. The second-order valence-corrected chi connectivity index (χ2v) is 3.28. The van der Waals surface area contributed by atoms with E-state index in [0.29, 0.717) is 0 Å². The summed E-state index contributed by atoms with van der Waals surface area (Å²) in [5.41, 5.74) is 0.833. The Morgan fingerprint density at radius 3 is 2.58 bits per heavy atom. The normalized spacial score (nSPS) is 10.8. The van der Waals surface area contributed by atoms with E-state index in [9.17, 15) is 5.11 Å². The Bertz CT molecular complexity index is 313. The van der Waals surface area contributed by atoms with E-state index >= 15 is 0 Å². The van der Waals surface area contributed by atoms with Crippen molar-refractivity contribution in [2.75, 3.05) is 0 Å². The van der Waals surface area contributed by atoms with Gasteiger partial charge in [0.25, 0.3) is 0 Å². The average molecular weight is 160 g/mol. The van der Waals surface area contributed by atoms with Crippen molar-refractivity contribution in [1.29, 1.82) is 0 Å². The third-order valence-electron chi connectivity index (χ3n) is 1.74. The fourth-order valence-corrected chi connectivity index (χ4v) is 0.990. The van der Waals surface area contributed by atoms with Crippen molar-refractivity contribution in [2.24, 2.45) is 0 Å². The van der Waals surface area contributed by atoms with Crippen LogP contribution in [-0.2, 0) is 5.60 Å². The van der Waals surface area contributed by atoms with Crippen molar-refractivity contribution in [2.45, 2.75) is 19.4 Å². The zero-order valence-corrected chi connectivity index (χ0v) is 7.33. The summed E-state index contributed by atoms with van der Waals surface area (Å²) in [6.07, 6.45) is 5.23. The van der Waals surface area contributed by atoms with E-state index in [-0.39, 0.29) is 0 Å². The quantitative estimate of drug-likeness (QED) is 0.622. The summed E-state index contributed by atoms with van der Waals surface area (Å²) in [5, 5.41) is 9.64. The average Bonchev–Trinajstić information content (AvgIpc) is 2.03. The summed E-state index contributed by atoms with van der Waals surface area (Å²) in [4.78, 5) is 0. The van der Waals surface area contributed by atoms with Gasteiger partial charge in [-0.25, -0.2) is 0 Å². The molecule has 0 aliphatic heterocycles. The standard InChI is InChI=1S/C11H12O/c1-4-9-6-5-7-10(8-9)11(2,3)12/h1,5-8,12H,2-3H3. The molecule has 0 amide bonds. The van der Waals surface area contributed by atoms with Crippen LogP contribution in [0.25, 0.3) is 0 Å². The number of hydrogen-bond donors (Lipinski definition) is 1. The summed E-state index contributed by atoms with van der Waals surface area (Å²) in [5.74, 6) is 2.53. The minimum absolute atomic E-state index is 0.801. The van der Waals surface area contributed by atoms with Crippen LogP contribution in [-0.4, -0.2) is 5.11 Å². The first-order valence-corrected chi connectivity index (χ1v) is 3.83. The Morgan fingerprint density at radius 1 is 1.42 bits per heavy atom. The molecular formula is C11H12O. The van der Waals surface area contributed by atoms with Gasteiger partial charge in [0.05, 0.1) is 5.60 Å². The molecule has 0 atom stereocenters. The summed E-state index contributed by atoms with van der Waals surface area (Å²) < 4.78 is 0. The minimum atomic E-state index is -0.813. The molecule has 0 saturated heterocycles. The van der Waals surface area contributed by atoms with Crippen molar-refractivity contribution >= 4 is 0 Å². The van der Waals surface area contributed by atoms with Crippen molar-refractivity contribution < 1.29 is 5.11 Å². The largest absolute Gasteiger partial charge is 0.386 e. The van der Waals surface area contributed by atoms with Crippen LogP contribution in [0.3, 0.4) is 0 Å². The zero-order chi connectivity index (χ0) is 9.19. The van der Waals surface area contributed by atoms with E-state index in [0.717, 1.165) is 11.1 Å². The molecule has 0 aliphatic carbocycles. The number of aliphatic hydroxyl groups is 1. The van der Waals surface area contributed by atoms with Gasteiger partial charge in [-0.2, -0.15) is 0 Å². The lowest BCUT2D eigenvalue weighted by atomic mass is 9.97. The maximum Gasteiger partial charge on any atom is 0.0840 e. The van der Waals surface area contributed by atoms with Crippen LogP contribution in [0.5, 0.6) is 0 Å². The number of terminal acetylenes is 1. The van der Waals surface area contributed by atoms with Crippen molar-refractivity contribution in [3.63, 3.8) is 0 Å². The molecule has 0 bridgehead atoms. The van der Waals surface area contributed by atoms with E-state index in [2.05, 4.69) is 5.92 Å². The Balaban J connectivity index is 3.13. The van der Waals surface area contributed by atoms with E-state index in [1.54, 1.807) is 13.8 Å². The molecule has 0 unspecified atom stereocenters. The van der Waals surface area contributed by atoms with Gasteiger partial charge in [0.1, 0.15) is 0 Å². The van der Waals surface area contributed by atoms with Gasteiger partial charge in [-0.3, -0.25) is 0 Å². The van der Waals surface area contributed by atoms with Gasteiger partial charge in [-0.1, -0.05) is 18.1 Å².